The van der Waals surface area contributed by atoms with Crippen molar-refractivity contribution in [2.75, 3.05) is 6.61 Å². The van der Waals surface area contributed by atoms with Gasteiger partial charge in [0.15, 0.2) is 11.5 Å². The molecule has 0 radical (unpaired) electrons. The number of halogens is 3. The van der Waals surface area contributed by atoms with Gasteiger partial charge in [-0.25, -0.2) is 4.39 Å². The number of nitrogens with one attached hydrogen (secondary N) is 1. The van der Waals surface area contributed by atoms with Crippen LogP contribution in [-0.2, 0) is 19.7 Å². The van der Waals surface area contributed by atoms with Crippen LogP contribution in [-0.4, -0.2) is 6.61 Å². The average molecular weight is 434 g/mol. The highest BCUT2D eigenvalue weighted by molar-refractivity contribution is 6.32. The Kier molecular flexibility index (Phi) is 7.76. The molecule has 0 spiro atoms. The van der Waals surface area contributed by atoms with E-state index in [0.29, 0.717) is 47.8 Å². The first-order chi connectivity index (χ1) is 14.1. The van der Waals surface area contributed by atoms with Crippen molar-refractivity contribution in [2.24, 2.45) is 0 Å². The molecule has 29 heavy (non-hydrogen) atoms. The molecule has 0 aliphatic heterocycles. The maximum absolute atomic E-state index is 13.0. The Morgan fingerprint density at radius 1 is 0.862 bits per heavy atom. The van der Waals surface area contributed by atoms with Gasteiger partial charge in [-0.3, -0.25) is 0 Å². The molecular formula is C23H22Cl2FNO2. The second-order valence-corrected chi connectivity index (χ2v) is 7.26. The van der Waals surface area contributed by atoms with E-state index in [9.17, 15) is 4.39 Å². The molecule has 1 N–H and O–H groups in total. The highest BCUT2D eigenvalue weighted by Crippen LogP contribution is 2.37. The van der Waals surface area contributed by atoms with Crippen molar-refractivity contribution in [3.63, 3.8) is 0 Å². The predicted molar refractivity (Wildman–Crippen MR) is 115 cm³/mol. The average Bonchev–Trinajstić information content (AvgIpc) is 2.70. The van der Waals surface area contributed by atoms with Crippen molar-refractivity contribution in [2.45, 2.75) is 26.6 Å². The summed E-state index contributed by atoms with van der Waals surface area (Å²) in [6, 6.07) is 17.7. The number of ether oxygens (including phenoxy) is 2. The zero-order chi connectivity index (χ0) is 20.6. The lowest BCUT2D eigenvalue weighted by atomic mass is 10.1. The van der Waals surface area contributed by atoms with Crippen LogP contribution < -0.4 is 14.8 Å². The molecule has 0 fully saturated rings. The summed E-state index contributed by atoms with van der Waals surface area (Å²) in [6.45, 7) is 3.90. The largest absolute Gasteiger partial charge is 0.490 e. The van der Waals surface area contributed by atoms with E-state index in [-0.39, 0.29) is 5.82 Å². The van der Waals surface area contributed by atoms with Crippen molar-refractivity contribution in [3.05, 3.63) is 93.2 Å². The van der Waals surface area contributed by atoms with Crippen molar-refractivity contribution in [3.8, 4) is 11.5 Å². The van der Waals surface area contributed by atoms with Gasteiger partial charge >= 0.3 is 0 Å². The van der Waals surface area contributed by atoms with Crippen LogP contribution in [0.4, 0.5) is 4.39 Å². The minimum Gasteiger partial charge on any atom is -0.490 e. The molecule has 3 nitrogen and oxygen atoms in total. The Hall–Kier alpha value is -2.27. The highest BCUT2D eigenvalue weighted by atomic mass is 35.5. The van der Waals surface area contributed by atoms with E-state index < -0.39 is 0 Å². The van der Waals surface area contributed by atoms with Gasteiger partial charge in [0.1, 0.15) is 12.4 Å². The van der Waals surface area contributed by atoms with E-state index >= 15 is 0 Å². The molecule has 0 unspecified atom stereocenters. The van der Waals surface area contributed by atoms with Gasteiger partial charge in [-0.15, -0.1) is 0 Å². The first-order valence-electron chi connectivity index (χ1n) is 9.33. The van der Waals surface area contributed by atoms with E-state index in [4.69, 9.17) is 32.7 Å². The summed E-state index contributed by atoms with van der Waals surface area (Å²) in [5, 5.41) is 4.44. The predicted octanol–water partition coefficient (Wildman–Crippen LogP) is 6.40. The fourth-order valence-corrected chi connectivity index (χ4v) is 3.32. The fourth-order valence-electron chi connectivity index (χ4n) is 2.85. The molecule has 0 saturated carbocycles. The zero-order valence-corrected chi connectivity index (χ0v) is 17.6. The minimum atomic E-state index is -0.241. The van der Waals surface area contributed by atoms with Gasteiger partial charge in [0.2, 0.25) is 0 Å². The van der Waals surface area contributed by atoms with Crippen LogP contribution in [0.2, 0.25) is 10.0 Å². The molecule has 0 aromatic heterocycles. The fraction of sp³-hybridized carbons (Fsp3) is 0.217. The third-order valence-electron chi connectivity index (χ3n) is 4.27. The number of benzene rings is 3. The maximum Gasteiger partial charge on any atom is 0.180 e. The molecule has 3 rings (SSSR count). The van der Waals surface area contributed by atoms with Crippen molar-refractivity contribution >= 4 is 23.2 Å². The van der Waals surface area contributed by atoms with Crippen LogP contribution in [0.1, 0.15) is 23.6 Å². The third kappa shape index (κ3) is 6.10. The van der Waals surface area contributed by atoms with Gasteiger partial charge in [0.05, 0.1) is 11.6 Å². The van der Waals surface area contributed by atoms with E-state index in [2.05, 4.69) is 5.32 Å². The van der Waals surface area contributed by atoms with Gasteiger partial charge in [0, 0.05) is 23.7 Å². The van der Waals surface area contributed by atoms with Crippen molar-refractivity contribution in [1.29, 1.82) is 0 Å². The van der Waals surface area contributed by atoms with Gasteiger partial charge in [-0.2, -0.15) is 0 Å². The molecule has 0 bridgehead atoms. The number of rotatable bonds is 9. The Labute approximate surface area is 180 Å². The molecule has 152 valence electrons. The zero-order valence-electron chi connectivity index (χ0n) is 16.1. The lowest BCUT2D eigenvalue weighted by Crippen LogP contribution is -2.13. The van der Waals surface area contributed by atoms with E-state index in [1.807, 2.05) is 43.3 Å². The molecule has 0 aliphatic rings. The van der Waals surface area contributed by atoms with E-state index in [1.165, 1.54) is 12.1 Å². The molecular weight excluding hydrogens is 412 g/mol. The SMILES string of the molecule is CCOc1cc(CNCc2ccc(F)cc2)cc(Cl)c1OCc1ccccc1Cl. The van der Waals surface area contributed by atoms with Crippen molar-refractivity contribution in [1.82, 2.24) is 5.32 Å². The quantitative estimate of drug-likeness (QED) is 0.423. The summed E-state index contributed by atoms with van der Waals surface area (Å²) < 4.78 is 24.7. The maximum atomic E-state index is 13.0. The van der Waals surface area contributed by atoms with Gasteiger partial charge in [-0.1, -0.05) is 53.5 Å². The standard InChI is InChI=1S/C23H22Cl2FNO2/c1-2-28-22-12-17(14-27-13-16-7-9-19(26)10-8-16)11-21(25)23(22)29-15-18-5-3-4-6-20(18)24/h3-12,27H,2,13-15H2,1H3. The first-order valence-corrected chi connectivity index (χ1v) is 10.1. The Balaban J connectivity index is 1.68. The van der Waals surface area contributed by atoms with Crippen LogP contribution in [0.5, 0.6) is 11.5 Å². The van der Waals surface area contributed by atoms with E-state index in [0.717, 1.165) is 16.7 Å². The van der Waals surface area contributed by atoms with Gasteiger partial charge < -0.3 is 14.8 Å². The lowest BCUT2D eigenvalue weighted by Gasteiger charge is -2.16. The summed E-state index contributed by atoms with van der Waals surface area (Å²) in [6.07, 6.45) is 0. The second-order valence-electron chi connectivity index (χ2n) is 6.45. The third-order valence-corrected chi connectivity index (χ3v) is 4.92. The molecule has 3 aromatic carbocycles. The minimum absolute atomic E-state index is 0.241. The van der Waals surface area contributed by atoms with Gasteiger partial charge in [0.25, 0.3) is 0 Å². The van der Waals surface area contributed by atoms with Gasteiger partial charge in [-0.05, 0) is 48.4 Å². The van der Waals surface area contributed by atoms with Crippen LogP contribution >= 0.6 is 23.2 Å². The molecule has 6 heteroatoms. The smallest absolute Gasteiger partial charge is 0.180 e. The Morgan fingerprint density at radius 3 is 2.31 bits per heavy atom. The molecule has 0 heterocycles. The Morgan fingerprint density at radius 2 is 1.59 bits per heavy atom. The first kappa shape index (κ1) is 21.4. The number of hydrogen-bond donors (Lipinski definition) is 1. The second kappa shape index (κ2) is 10.5. The van der Waals surface area contributed by atoms with Crippen molar-refractivity contribution < 1.29 is 13.9 Å². The summed E-state index contributed by atoms with van der Waals surface area (Å²) in [5.74, 6) is 0.843. The molecule has 0 aliphatic carbocycles. The Bertz CT molecular complexity index is 948. The van der Waals surface area contributed by atoms with Crippen LogP contribution in [0.3, 0.4) is 0 Å². The van der Waals surface area contributed by atoms with Crippen LogP contribution in [0.15, 0.2) is 60.7 Å². The molecule has 3 aromatic rings. The summed E-state index contributed by atoms with van der Waals surface area (Å²) in [4.78, 5) is 0. The number of hydrogen-bond acceptors (Lipinski definition) is 3. The normalized spacial score (nSPS) is 10.8. The topological polar surface area (TPSA) is 30.5 Å². The summed E-state index contributed by atoms with van der Waals surface area (Å²) >= 11 is 12.7. The monoisotopic (exact) mass is 433 g/mol. The molecule has 0 atom stereocenters. The van der Waals surface area contributed by atoms with Crippen LogP contribution in [0, 0.1) is 5.82 Å². The summed E-state index contributed by atoms with van der Waals surface area (Å²) in [5.41, 5.74) is 2.84. The van der Waals surface area contributed by atoms with E-state index in [1.54, 1.807) is 12.1 Å². The lowest BCUT2D eigenvalue weighted by molar-refractivity contribution is 0.269. The molecule has 0 saturated heterocycles. The van der Waals surface area contributed by atoms with Crippen LogP contribution in [0.25, 0.3) is 0 Å². The summed E-state index contributed by atoms with van der Waals surface area (Å²) in [7, 11) is 0. The highest BCUT2D eigenvalue weighted by Gasteiger charge is 2.13. The molecule has 0 amide bonds.